The number of carbonyl (C=O) groups is 1. The molecular formula is C19H15N3OS2. The lowest BCUT2D eigenvalue weighted by atomic mass is 10.1. The van der Waals surface area contributed by atoms with E-state index in [4.69, 9.17) is 0 Å². The highest BCUT2D eigenvalue weighted by Crippen LogP contribution is 2.31. The lowest BCUT2D eigenvalue weighted by Crippen LogP contribution is -2.21. The molecule has 0 radical (unpaired) electrons. The number of aromatic nitrogens is 1. The molecule has 124 valence electrons. The summed E-state index contributed by atoms with van der Waals surface area (Å²) in [7, 11) is 0. The first-order valence-electron chi connectivity index (χ1n) is 7.81. The summed E-state index contributed by atoms with van der Waals surface area (Å²) in [6.45, 7) is 3.91. The van der Waals surface area contributed by atoms with E-state index in [2.05, 4.69) is 17.0 Å². The van der Waals surface area contributed by atoms with Crippen molar-refractivity contribution in [1.29, 1.82) is 0 Å². The number of anilines is 1. The highest BCUT2D eigenvalue weighted by atomic mass is 32.1. The Balaban J connectivity index is 1.64. The third kappa shape index (κ3) is 3.06. The minimum absolute atomic E-state index is 0.127. The van der Waals surface area contributed by atoms with Gasteiger partial charge in [-0.1, -0.05) is 30.3 Å². The fourth-order valence-corrected chi connectivity index (χ4v) is 4.19. The Morgan fingerprint density at radius 3 is 2.60 bits per heavy atom. The van der Waals surface area contributed by atoms with Crippen molar-refractivity contribution >= 4 is 45.5 Å². The van der Waals surface area contributed by atoms with Crippen LogP contribution in [0.5, 0.6) is 0 Å². The minimum atomic E-state index is -0.127. The van der Waals surface area contributed by atoms with Crippen molar-refractivity contribution < 1.29 is 4.79 Å². The Labute approximate surface area is 153 Å². The summed E-state index contributed by atoms with van der Waals surface area (Å²) in [6, 6.07) is 14.0. The summed E-state index contributed by atoms with van der Waals surface area (Å²) >= 11 is 3.08. The van der Waals surface area contributed by atoms with E-state index in [1.807, 2.05) is 60.8 Å². The molecule has 0 fully saturated rings. The average Bonchev–Trinajstić information content (AvgIpc) is 3.32. The average molecular weight is 365 g/mol. The summed E-state index contributed by atoms with van der Waals surface area (Å²) in [5.74, 6) is -0.127. The van der Waals surface area contributed by atoms with Crippen LogP contribution >= 0.6 is 22.7 Å². The maximum absolute atomic E-state index is 12.8. The Morgan fingerprint density at radius 2 is 1.88 bits per heavy atom. The Morgan fingerprint density at radius 1 is 1.08 bits per heavy atom. The lowest BCUT2D eigenvalue weighted by molar-refractivity contribution is -0.114. The number of benzene rings is 1. The smallest absolute Gasteiger partial charge is 0.267 e. The molecule has 0 atom stereocenters. The predicted molar refractivity (Wildman–Crippen MR) is 105 cm³/mol. The molecule has 4 rings (SSSR count). The van der Waals surface area contributed by atoms with Gasteiger partial charge in [0.25, 0.3) is 5.91 Å². The van der Waals surface area contributed by atoms with Crippen LogP contribution in [-0.4, -0.2) is 16.6 Å². The van der Waals surface area contributed by atoms with Gasteiger partial charge in [-0.05, 0) is 32.1 Å². The van der Waals surface area contributed by atoms with Gasteiger partial charge < -0.3 is 0 Å². The fourth-order valence-electron chi connectivity index (χ4n) is 2.59. The summed E-state index contributed by atoms with van der Waals surface area (Å²) in [5, 5.41) is 8.36. The van der Waals surface area contributed by atoms with E-state index in [1.165, 1.54) is 21.2 Å². The van der Waals surface area contributed by atoms with Crippen molar-refractivity contribution in [1.82, 2.24) is 4.98 Å². The van der Waals surface area contributed by atoms with Gasteiger partial charge in [0.15, 0.2) is 0 Å². The van der Waals surface area contributed by atoms with Gasteiger partial charge in [0.05, 0.1) is 17.0 Å². The number of aryl methyl sites for hydroxylation is 1. The van der Waals surface area contributed by atoms with Gasteiger partial charge in [-0.25, -0.2) is 4.98 Å². The highest BCUT2D eigenvalue weighted by molar-refractivity contribution is 7.14. The molecule has 4 nitrogen and oxygen atoms in total. The second-order valence-corrected chi connectivity index (χ2v) is 7.85. The van der Waals surface area contributed by atoms with Crippen molar-refractivity contribution in [3.05, 3.63) is 63.2 Å². The SMILES string of the molecule is CC1=NN(c2nc(-c3ccccc3)cs2)C(=O)C1=Cc1ccc(C)s1. The van der Waals surface area contributed by atoms with E-state index >= 15 is 0 Å². The molecule has 2 aromatic heterocycles. The van der Waals surface area contributed by atoms with Crippen molar-refractivity contribution in [3.63, 3.8) is 0 Å². The fraction of sp³-hybridized carbons (Fsp3) is 0.105. The molecule has 3 aromatic rings. The van der Waals surface area contributed by atoms with Crippen LogP contribution in [0.2, 0.25) is 0 Å². The van der Waals surface area contributed by atoms with Crippen molar-refractivity contribution in [2.45, 2.75) is 13.8 Å². The second kappa shape index (κ2) is 6.38. The molecule has 0 saturated heterocycles. The van der Waals surface area contributed by atoms with E-state index in [1.54, 1.807) is 11.3 Å². The van der Waals surface area contributed by atoms with Gasteiger partial charge in [0.2, 0.25) is 5.13 Å². The number of nitrogens with zero attached hydrogens (tertiary/aromatic N) is 3. The Hall–Kier alpha value is -2.57. The number of carbonyl (C=O) groups excluding carboxylic acids is 1. The number of hydrogen-bond donors (Lipinski definition) is 0. The van der Waals surface area contributed by atoms with Crippen LogP contribution < -0.4 is 5.01 Å². The molecule has 6 heteroatoms. The molecule has 0 N–H and O–H groups in total. The summed E-state index contributed by atoms with van der Waals surface area (Å²) < 4.78 is 0. The predicted octanol–water partition coefficient (Wildman–Crippen LogP) is 4.99. The zero-order valence-corrected chi connectivity index (χ0v) is 15.4. The van der Waals surface area contributed by atoms with Gasteiger partial charge in [-0.15, -0.1) is 22.7 Å². The molecule has 0 aliphatic carbocycles. The molecule has 25 heavy (non-hydrogen) atoms. The topological polar surface area (TPSA) is 45.6 Å². The largest absolute Gasteiger partial charge is 0.282 e. The van der Waals surface area contributed by atoms with Crippen molar-refractivity contribution in [3.8, 4) is 11.3 Å². The van der Waals surface area contributed by atoms with Crippen LogP contribution in [-0.2, 0) is 4.79 Å². The lowest BCUT2D eigenvalue weighted by Gasteiger charge is -2.06. The van der Waals surface area contributed by atoms with Crippen LogP contribution in [0.15, 0.2) is 58.5 Å². The molecule has 0 saturated carbocycles. The summed E-state index contributed by atoms with van der Waals surface area (Å²) in [5.41, 5.74) is 3.22. The van der Waals surface area contributed by atoms with E-state index in [9.17, 15) is 4.79 Å². The number of hydrogen-bond acceptors (Lipinski definition) is 5. The maximum atomic E-state index is 12.8. The van der Waals surface area contributed by atoms with Crippen molar-refractivity contribution in [2.75, 3.05) is 5.01 Å². The highest BCUT2D eigenvalue weighted by Gasteiger charge is 2.30. The van der Waals surface area contributed by atoms with Crippen molar-refractivity contribution in [2.24, 2.45) is 5.10 Å². The van der Waals surface area contributed by atoms with E-state index in [0.29, 0.717) is 16.4 Å². The van der Waals surface area contributed by atoms with E-state index < -0.39 is 0 Å². The number of amides is 1. The van der Waals surface area contributed by atoms with Crippen LogP contribution in [0.1, 0.15) is 16.7 Å². The van der Waals surface area contributed by atoms with Gasteiger partial charge in [0.1, 0.15) is 0 Å². The molecule has 1 amide bonds. The monoisotopic (exact) mass is 365 g/mol. The van der Waals surface area contributed by atoms with Crippen LogP contribution in [0.4, 0.5) is 5.13 Å². The third-order valence-electron chi connectivity index (χ3n) is 3.85. The van der Waals surface area contributed by atoms with Gasteiger partial charge in [-0.2, -0.15) is 10.1 Å². The Bertz CT molecular complexity index is 999. The van der Waals surface area contributed by atoms with E-state index in [0.717, 1.165) is 16.1 Å². The summed E-state index contributed by atoms with van der Waals surface area (Å²) in [6.07, 6.45) is 1.91. The third-order valence-corrected chi connectivity index (χ3v) is 5.62. The Kier molecular flexibility index (Phi) is 4.07. The number of hydrazone groups is 1. The molecular weight excluding hydrogens is 350 g/mol. The van der Waals surface area contributed by atoms with Crippen LogP contribution in [0.3, 0.4) is 0 Å². The minimum Gasteiger partial charge on any atom is -0.267 e. The molecule has 3 heterocycles. The molecule has 1 aliphatic heterocycles. The summed E-state index contributed by atoms with van der Waals surface area (Å²) in [4.78, 5) is 19.6. The number of thiophene rings is 1. The van der Waals surface area contributed by atoms with E-state index in [-0.39, 0.29) is 5.91 Å². The molecule has 0 unspecified atom stereocenters. The molecule has 0 bridgehead atoms. The normalized spacial score (nSPS) is 15.9. The van der Waals surface area contributed by atoms with Gasteiger partial charge >= 0.3 is 0 Å². The first kappa shape index (κ1) is 15.9. The first-order valence-corrected chi connectivity index (χ1v) is 9.50. The first-order chi connectivity index (χ1) is 12.1. The van der Waals surface area contributed by atoms with Crippen LogP contribution in [0, 0.1) is 6.92 Å². The number of rotatable bonds is 3. The standard InChI is InChI=1S/C19H15N3OS2/c1-12-8-9-15(25-12)10-16-13(2)21-22(18(16)23)19-20-17(11-24-19)14-6-4-3-5-7-14/h3-11H,1-2H3. The quantitative estimate of drug-likeness (QED) is 0.614. The number of thiazole rings is 1. The van der Waals surface area contributed by atoms with Gasteiger partial charge in [-0.3, -0.25) is 4.79 Å². The second-order valence-electron chi connectivity index (χ2n) is 5.69. The zero-order chi connectivity index (χ0) is 17.4. The molecule has 0 spiro atoms. The zero-order valence-electron chi connectivity index (χ0n) is 13.8. The molecule has 1 aromatic carbocycles. The molecule has 1 aliphatic rings. The van der Waals surface area contributed by atoms with Gasteiger partial charge in [0, 0.05) is 20.7 Å². The van der Waals surface area contributed by atoms with Crippen LogP contribution in [0.25, 0.3) is 17.3 Å². The maximum Gasteiger partial charge on any atom is 0.282 e.